The molecule has 0 radical (unpaired) electrons. The van der Waals surface area contributed by atoms with Crippen LogP contribution in [0.4, 0.5) is 0 Å². The molecule has 1 aromatic carbocycles. The largest absolute Gasteiger partial charge is 0.466 e. The molecule has 0 aliphatic carbocycles. The predicted molar refractivity (Wildman–Crippen MR) is 84.8 cm³/mol. The van der Waals surface area contributed by atoms with Crippen LogP contribution in [-0.2, 0) is 19.4 Å². The zero-order valence-electron chi connectivity index (χ0n) is 13.3. The molecule has 1 fully saturated rings. The molecule has 2 rings (SSSR count). The lowest BCUT2D eigenvalue weighted by atomic mass is 9.96. The number of hydrogen-bond donors (Lipinski definition) is 0. The average Bonchev–Trinajstić information content (AvgIpc) is 2.54. The summed E-state index contributed by atoms with van der Waals surface area (Å²) in [6, 6.07) is 5.92. The zero-order chi connectivity index (χ0) is 17.0. The van der Waals surface area contributed by atoms with Crippen molar-refractivity contribution >= 4 is 21.7 Å². The Morgan fingerprint density at radius 2 is 1.74 bits per heavy atom. The molecule has 7 heteroatoms. The van der Waals surface area contributed by atoms with Crippen molar-refractivity contribution in [2.45, 2.75) is 24.7 Å². The molecule has 1 saturated heterocycles. The van der Waals surface area contributed by atoms with E-state index in [9.17, 15) is 18.0 Å². The fourth-order valence-electron chi connectivity index (χ4n) is 2.61. The summed E-state index contributed by atoms with van der Waals surface area (Å²) in [7, 11) is -3.27. The minimum Gasteiger partial charge on any atom is -0.466 e. The third-order valence-electron chi connectivity index (χ3n) is 3.93. The number of amides is 1. The van der Waals surface area contributed by atoms with Gasteiger partial charge in [0.1, 0.15) is 0 Å². The number of carbonyl (C=O) groups is 2. The summed E-state index contributed by atoms with van der Waals surface area (Å²) < 4.78 is 27.9. The van der Waals surface area contributed by atoms with Crippen LogP contribution in [0.2, 0.25) is 0 Å². The van der Waals surface area contributed by atoms with E-state index < -0.39 is 9.84 Å². The fraction of sp³-hybridized carbons (Fsp3) is 0.500. The molecule has 0 unspecified atom stereocenters. The Morgan fingerprint density at radius 1 is 1.17 bits per heavy atom. The smallest absolute Gasteiger partial charge is 0.309 e. The van der Waals surface area contributed by atoms with Gasteiger partial charge in [-0.2, -0.15) is 0 Å². The first kappa shape index (κ1) is 17.5. The van der Waals surface area contributed by atoms with Gasteiger partial charge in [-0.25, -0.2) is 8.42 Å². The highest BCUT2D eigenvalue weighted by Gasteiger charge is 2.28. The summed E-state index contributed by atoms with van der Waals surface area (Å²) in [5.41, 5.74) is 0.451. The van der Waals surface area contributed by atoms with Gasteiger partial charge in [0.05, 0.1) is 17.4 Å². The summed E-state index contributed by atoms with van der Waals surface area (Å²) in [5.74, 6) is -0.490. The number of carbonyl (C=O) groups excluding carboxylic acids is 2. The highest BCUT2D eigenvalue weighted by molar-refractivity contribution is 7.90. The number of likely N-dealkylation sites (tertiary alicyclic amines) is 1. The molecular weight excluding hydrogens is 318 g/mol. The van der Waals surface area contributed by atoms with E-state index in [1.807, 2.05) is 0 Å². The standard InChI is InChI=1S/C16H21NO5S/c1-3-22-16(19)13-8-10-17(11-9-13)15(18)12-4-6-14(7-5-12)23(2,20)21/h4-7,13H,3,8-11H2,1-2H3. The Kier molecular flexibility index (Phi) is 5.41. The van der Waals surface area contributed by atoms with E-state index in [0.717, 1.165) is 6.26 Å². The number of sulfone groups is 1. The second-order valence-electron chi connectivity index (χ2n) is 5.62. The Morgan fingerprint density at radius 3 is 2.22 bits per heavy atom. The lowest BCUT2D eigenvalue weighted by Crippen LogP contribution is -2.40. The molecule has 1 aliphatic heterocycles. The van der Waals surface area contributed by atoms with Crippen molar-refractivity contribution in [1.82, 2.24) is 4.90 Å². The molecule has 0 atom stereocenters. The fourth-order valence-corrected chi connectivity index (χ4v) is 3.24. The third kappa shape index (κ3) is 4.31. The average molecular weight is 339 g/mol. The van der Waals surface area contributed by atoms with Gasteiger partial charge in [0.2, 0.25) is 0 Å². The summed E-state index contributed by atoms with van der Waals surface area (Å²) >= 11 is 0. The van der Waals surface area contributed by atoms with Gasteiger partial charge in [-0.05, 0) is 44.0 Å². The van der Waals surface area contributed by atoms with Crippen molar-refractivity contribution in [2.24, 2.45) is 5.92 Å². The Labute approximate surface area is 136 Å². The number of piperidine rings is 1. The highest BCUT2D eigenvalue weighted by Crippen LogP contribution is 2.21. The Bertz CT molecular complexity index is 673. The summed E-state index contributed by atoms with van der Waals surface area (Å²) in [4.78, 5) is 26.0. The molecule has 6 nitrogen and oxygen atoms in total. The molecule has 0 bridgehead atoms. The van der Waals surface area contributed by atoms with E-state index in [4.69, 9.17) is 4.74 Å². The van der Waals surface area contributed by atoms with Crippen molar-refractivity contribution in [3.63, 3.8) is 0 Å². The maximum Gasteiger partial charge on any atom is 0.309 e. The first-order chi connectivity index (χ1) is 10.8. The van der Waals surface area contributed by atoms with Gasteiger partial charge in [0.15, 0.2) is 9.84 Å². The van der Waals surface area contributed by atoms with E-state index in [0.29, 0.717) is 38.1 Å². The van der Waals surface area contributed by atoms with Crippen LogP contribution in [0, 0.1) is 5.92 Å². The van der Waals surface area contributed by atoms with Gasteiger partial charge in [-0.1, -0.05) is 0 Å². The van der Waals surface area contributed by atoms with E-state index in [2.05, 4.69) is 0 Å². The lowest BCUT2D eigenvalue weighted by Gasteiger charge is -2.31. The van der Waals surface area contributed by atoms with Crippen molar-refractivity contribution in [3.05, 3.63) is 29.8 Å². The van der Waals surface area contributed by atoms with Gasteiger partial charge < -0.3 is 9.64 Å². The molecule has 1 aliphatic rings. The molecule has 126 valence electrons. The number of benzene rings is 1. The molecule has 0 N–H and O–H groups in total. The van der Waals surface area contributed by atoms with Crippen LogP contribution in [-0.4, -0.2) is 51.1 Å². The van der Waals surface area contributed by atoms with Gasteiger partial charge in [0.25, 0.3) is 5.91 Å². The van der Waals surface area contributed by atoms with E-state index >= 15 is 0 Å². The van der Waals surface area contributed by atoms with Crippen LogP contribution in [0.3, 0.4) is 0 Å². The maximum atomic E-state index is 12.4. The van der Waals surface area contributed by atoms with Crippen LogP contribution in [0.25, 0.3) is 0 Å². The van der Waals surface area contributed by atoms with Crippen molar-refractivity contribution in [3.8, 4) is 0 Å². The molecular formula is C16H21NO5S. The van der Waals surface area contributed by atoms with Gasteiger partial charge in [-0.3, -0.25) is 9.59 Å². The Balaban J connectivity index is 1.98. The molecule has 1 aromatic rings. The van der Waals surface area contributed by atoms with E-state index in [1.165, 1.54) is 24.3 Å². The number of hydrogen-bond acceptors (Lipinski definition) is 5. The Hall–Kier alpha value is -1.89. The van der Waals surface area contributed by atoms with E-state index in [1.54, 1.807) is 11.8 Å². The normalized spacial score (nSPS) is 16.2. The number of esters is 1. The summed E-state index contributed by atoms with van der Waals surface area (Å²) in [6.45, 7) is 3.13. The molecule has 0 saturated carbocycles. The SMILES string of the molecule is CCOC(=O)C1CCN(C(=O)c2ccc(S(C)(=O)=O)cc2)CC1. The first-order valence-electron chi connectivity index (χ1n) is 7.59. The highest BCUT2D eigenvalue weighted by atomic mass is 32.2. The number of nitrogens with zero attached hydrogens (tertiary/aromatic N) is 1. The summed E-state index contributed by atoms with van der Waals surface area (Å²) in [6.07, 6.45) is 2.31. The quantitative estimate of drug-likeness (QED) is 0.777. The zero-order valence-corrected chi connectivity index (χ0v) is 14.1. The predicted octanol–water partition coefficient (Wildman–Crippen LogP) is 1.51. The molecule has 23 heavy (non-hydrogen) atoms. The lowest BCUT2D eigenvalue weighted by molar-refractivity contribution is -0.149. The number of ether oxygens (including phenoxy) is 1. The van der Waals surface area contributed by atoms with Crippen LogP contribution >= 0.6 is 0 Å². The van der Waals surface area contributed by atoms with Crippen molar-refractivity contribution < 1.29 is 22.7 Å². The minimum atomic E-state index is -3.27. The van der Waals surface area contributed by atoms with Crippen LogP contribution in [0.15, 0.2) is 29.2 Å². The second-order valence-corrected chi connectivity index (χ2v) is 7.63. The second kappa shape index (κ2) is 7.12. The minimum absolute atomic E-state index is 0.146. The molecule has 1 amide bonds. The van der Waals surface area contributed by atoms with Gasteiger partial charge in [-0.15, -0.1) is 0 Å². The first-order valence-corrected chi connectivity index (χ1v) is 9.48. The van der Waals surface area contributed by atoms with Crippen molar-refractivity contribution in [2.75, 3.05) is 26.0 Å². The maximum absolute atomic E-state index is 12.4. The third-order valence-corrected chi connectivity index (χ3v) is 5.06. The molecule has 1 heterocycles. The summed E-state index contributed by atoms with van der Waals surface area (Å²) in [5, 5.41) is 0. The monoisotopic (exact) mass is 339 g/mol. The van der Waals surface area contributed by atoms with Crippen LogP contribution in [0.1, 0.15) is 30.1 Å². The van der Waals surface area contributed by atoms with Crippen molar-refractivity contribution in [1.29, 1.82) is 0 Å². The molecule has 0 spiro atoms. The van der Waals surface area contributed by atoms with Crippen LogP contribution < -0.4 is 0 Å². The van der Waals surface area contributed by atoms with Gasteiger partial charge in [0, 0.05) is 24.9 Å². The van der Waals surface area contributed by atoms with Gasteiger partial charge >= 0.3 is 5.97 Å². The van der Waals surface area contributed by atoms with E-state index in [-0.39, 0.29) is 22.7 Å². The number of rotatable bonds is 4. The van der Waals surface area contributed by atoms with Crippen LogP contribution in [0.5, 0.6) is 0 Å². The topological polar surface area (TPSA) is 80.8 Å². The molecule has 0 aromatic heterocycles.